The van der Waals surface area contributed by atoms with Crippen molar-refractivity contribution >= 4 is 56.1 Å². The fourth-order valence-electron chi connectivity index (χ4n) is 5.47. The van der Waals surface area contributed by atoms with Gasteiger partial charge in [-0.15, -0.1) is 0 Å². The number of carbonyl (C=O) groups is 1. The smallest absolute Gasteiger partial charge is 0.323 e. The predicted octanol–water partition coefficient (Wildman–Crippen LogP) is 8.64. The molecule has 1 heterocycles. The molecular weight excluding hydrogens is 595 g/mol. The molecule has 0 saturated heterocycles. The van der Waals surface area contributed by atoms with Gasteiger partial charge in [0.05, 0.1) is 11.0 Å². The summed E-state index contributed by atoms with van der Waals surface area (Å²) in [6, 6.07) is 28.3. The lowest BCUT2D eigenvalue weighted by Gasteiger charge is -2.31. The molecule has 39 heavy (non-hydrogen) atoms. The first-order valence-corrected chi connectivity index (χ1v) is 14.4. The number of imidazole rings is 1. The lowest BCUT2D eigenvalue weighted by Crippen LogP contribution is -2.38. The van der Waals surface area contributed by atoms with Crippen molar-refractivity contribution < 1.29 is 9.90 Å². The van der Waals surface area contributed by atoms with Crippen LogP contribution in [0, 0.1) is 0 Å². The molecule has 0 unspecified atom stereocenters. The Morgan fingerprint density at radius 3 is 2.08 bits per heavy atom. The Balaban J connectivity index is 1.54. The summed E-state index contributed by atoms with van der Waals surface area (Å²) in [4.78, 5) is 18.4. The number of fused-ring (bicyclic) bond motifs is 1. The standard InChI is InChI=1S/C32H25BrCl2N2O2/c33-25-3-1-2-20(18-25)16-17-37-29-19-24(10-15-28(29)36-30(37)21-4-5-21)32(31(38)39,22-6-11-26(34)12-7-22)23-8-13-27(35)14-9-23/h1-3,6-15,18-19,21H,4-5,16-17H2,(H,38,39). The summed E-state index contributed by atoms with van der Waals surface area (Å²) in [5.74, 6) is 0.547. The first-order chi connectivity index (χ1) is 18.9. The van der Waals surface area contributed by atoms with Crippen LogP contribution in [-0.4, -0.2) is 20.6 Å². The molecule has 7 heteroatoms. The molecule has 0 amide bonds. The third kappa shape index (κ3) is 4.88. The highest BCUT2D eigenvalue weighted by Crippen LogP contribution is 2.44. The molecule has 1 aliphatic rings. The predicted molar refractivity (Wildman–Crippen MR) is 160 cm³/mol. The molecule has 0 atom stereocenters. The number of nitrogens with zero attached hydrogens (tertiary/aromatic N) is 2. The van der Waals surface area contributed by atoms with Gasteiger partial charge in [-0.25, -0.2) is 4.98 Å². The van der Waals surface area contributed by atoms with Gasteiger partial charge in [-0.2, -0.15) is 0 Å². The summed E-state index contributed by atoms with van der Waals surface area (Å²) in [5.41, 5.74) is 3.46. The highest BCUT2D eigenvalue weighted by Gasteiger charge is 2.44. The zero-order valence-corrected chi connectivity index (χ0v) is 24.0. The minimum Gasteiger partial charge on any atom is -0.480 e. The average Bonchev–Trinajstić information content (AvgIpc) is 3.71. The maximum atomic E-state index is 13.4. The molecule has 1 fully saturated rings. The number of aromatic nitrogens is 2. The Bertz CT molecular complexity index is 1630. The second-order valence-corrected chi connectivity index (χ2v) is 11.8. The second kappa shape index (κ2) is 10.5. The van der Waals surface area contributed by atoms with E-state index in [0.717, 1.165) is 47.1 Å². The number of carboxylic acid groups (broad SMARTS) is 1. The normalized spacial score (nSPS) is 13.6. The van der Waals surface area contributed by atoms with Crippen LogP contribution in [0.3, 0.4) is 0 Å². The van der Waals surface area contributed by atoms with Crippen LogP contribution in [0.1, 0.15) is 46.8 Å². The zero-order valence-electron chi connectivity index (χ0n) is 20.9. The Morgan fingerprint density at radius 2 is 1.51 bits per heavy atom. The number of benzene rings is 4. The van der Waals surface area contributed by atoms with E-state index < -0.39 is 11.4 Å². The monoisotopic (exact) mass is 618 g/mol. The number of halogens is 3. The maximum absolute atomic E-state index is 13.4. The van der Waals surface area contributed by atoms with Crippen LogP contribution in [0.25, 0.3) is 11.0 Å². The summed E-state index contributed by atoms with van der Waals surface area (Å²) >= 11 is 16.0. The summed E-state index contributed by atoms with van der Waals surface area (Å²) in [6.45, 7) is 0.754. The molecule has 0 spiro atoms. The van der Waals surface area contributed by atoms with Crippen LogP contribution in [0.2, 0.25) is 10.0 Å². The summed E-state index contributed by atoms with van der Waals surface area (Å²) < 4.78 is 3.34. The highest BCUT2D eigenvalue weighted by molar-refractivity contribution is 9.10. The van der Waals surface area contributed by atoms with E-state index in [2.05, 4.69) is 32.6 Å². The molecule has 4 nitrogen and oxygen atoms in total. The second-order valence-electron chi connectivity index (χ2n) is 10.0. The molecule has 1 aliphatic carbocycles. The summed E-state index contributed by atoms with van der Waals surface area (Å²) in [7, 11) is 0. The van der Waals surface area contributed by atoms with Crippen molar-refractivity contribution in [2.75, 3.05) is 0 Å². The topological polar surface area (TPSA) is 55.1 Å². The molecule has 4 aromatic carbocycles. The first-order valence-electron chi connectivity index (χ1n) is 12.9. The van der Waals surface area contributed by atoms with Gasteiger partial charge in [-0.3, -0.25) is 4.79 Å². The van der Waals surface area contributed by atoms with Crippen molar-refractivity contribution in [2.24, 2.45) is 0 Å². The Labute approximate surface area is 245 Å². The van der Waals surface area contributed by atoms with Gasteiger partial charge in [0.25, 0.3) is 0 Å². The van der Waals surface area contributed by atoms with Gasteiger partial charge in [-0.1, -0.05) is 81.6 Å². The van der Waals surface area contributed by atoms with E-state index >= 15 is 0 Å². The fraction of sp³-hybridized carbons (Fsp3) is 0.188. The Morgan fingerprint density at radius 1 is 0.897 bits per heavy atom. The van der Waals surface area contributed by atoms with Gasteiger partial charge < -0.3 is 9.67 Å². The molecule has 1 saturated carbocycles. The molecule has 1 aromatic heterocycles. The van der Waals surface area contributed by atoms with E-state index in [1.165, 1.54) is 5.56 Å². The first kappa shape index (κ1) is 26.1. The molecule has 196 valence electrons. The van der Waals surface area contributed by atoms with Gasteiger partial charge in [-0.05, 0) is 90.0 Å². The third-order valence-corrected chi connectivity index (χ3v) is 8.54. The van der Waals surface area contributed by atoms with Crippen LogP contribution in [0.5, 0.6) is 0 Å². The van der Waals surface area contributed by atoms with Crippen LogP contribution in [-0.2, 0) is 23.2 Å². The maximum Gasteiger partial charge on any atom is 0.323 e. The fourth-order valence-corrected chi connectivity index (χ4v) is 6.17. The van der Waals surface area contributed by atoms with Crippen molar-refractivity contribution in [3.63, 3.8) is 0 Å². The summed E-state index contributed by atoms with van der Waals surface area (Å²) in [5, 5.41) is 12.0. The van der Waals surface area contributed by atoms with E-state index in [0.29, 0.717) is 32.7 Å². The Kier molecular flexibility index (Phi) is 7.00. The molecule has 5 aromatic rings. The number of carboxylic acids is 1. The van der Waals surface area contributed by atoms with Crippen molar-refractivity contribution in [3.8, 4) is 0 Å². The van der Waals surface area contributed by atoms with Gasteiger partial charge in [0.15, 0.2) is 0 Å². The molecule has 0 bridgehead atoms. The van der Waals surface area contributed by atoms with Gasteiger partial charge in [0.1, 0.15) is 11.2 Å². The Hall–Kier alpha value is -3.12. The van der Waals surface area contributed by atoms with E-state index in [4.69, 9.17) is 28.2 Å². The van der Waals surface area contributed by atoms with Crippen molar-refractivity contribution in [1.82, 2.24) is 9.55 Å². The lowest BCUT2D eigenvalue weighted by molar-refractivity contribution is -0.140. The molecule has 0 radical (unpaired) electrons. The van der Waals surface area contributed by atoms with E-state index in [-0.39, 0.29) is 0 Å². The largest absolute Gasteiger partial charge is 0.480 e. The number of aryl methyl sites for hydroxylation is 2. The minimum absolute atomic E-state index is 0.445. The van der Waals surface area contributed by atoms with Gasteiger partial charge >= 0.3 is 5.97 Å². The van der Waals surface area contributed by atoms with Crippen molar-refractivity contribution in [2.45, 2.75) is 37.1 Å². The zero-order chi connectivity index (χ0) is 27.1. The van der Waals surface area contributed by atoms with Gasteiger partial charge in [0.2, 0.25) is 0 Å². The number of hydrogen-bond acceptors (Lipinski definition) is 2. The number of rotatable bonds is 8. The quantitative estimate of drug-likeness (QED) is 0.177. The molecule has 0 aliphatic heterocycles. The van der Waals surface area contributed by atoms with Crippen LogP contribution >= 0.6 is 39.1 Å². The number of hydrogen-bond donors (Lipinski definition) is 1. The van der Waals surface area contributed by atoms with Crippen LogP contribution < -0.4 is 0 Å². The molecule has 6 rings (SSSR count). The highest BCUT2D eigenvalue weighted by atomic mass is 79.9. The third-order valence-electron chi connectivity index (χ3n) is 7.54. The van der Waals surface area contributed by atoms with E-state index in [1.54, 1.807) is 48.5 Å². The summed E-state index contributed by atoms with van der Waals surface area (Å²) in [6.07, 6.45) is 3.09. The van der Waals surface area contributed by atoms with E-state index in [9.17, 15) is 9.90 Å². The van der Waals surface area contributed by atoms with Crippen molar-refractivity contribution in [1.29, 1.82) is 0 Å². The minimum atomic E-state index is -1.47. The number of aliphatic carboxylic acids is 1. The van der Waals surface area contributed by atoms with Crippen LogP contribution in [0.4, 0.5) is 0 Å². The van der Waals surface area contributed by atoms with Crippen LogP contribution in [0.15, 0.2) is 95.5 Å². The van der Waals surface area contributed by atoms with Gasteiger partial charge in [0, 0.05) is 27.0 Å². The van der Waals surface area contributed by atoms with E-state index in [1.807, 2.05) is 30.3 Å². The molecular formula is C32H25BrCl2N2O2. The average molecular weight is 620 g/mol. The molecule has 1 N–H and O–H groups in total. The SMILES string of the molecule is O=C(O)C(c1ccc(Cl)cc1)(c1ccc(Cl)cc1)c1ccc2nc(C3CC3)n(CCc3cccc(Br)c3)c2c1. The lowest BCUT2D eigenvalue weighted by atomic mass is 9.69. The van der Waals surface area contributed by atoms with Crippen molar-refractivity contribution in [3.05, 3.63) is 134 Å².